The van der Waals surface area contributed by atoms with Crippen LogP contribution in [0.1, 0.15) is 16.7 Å². The number of halogens is 1. The van der Waals surface area contributed by atoms with Crippen molar-refractivity contribution in [3.05, 3.63) is 65.0 Å². The summed E-state index contributed by atoms with van der Waals surface area (Å²) >= 11 is 0. The summed E-state index contributed by atoms with van der Waals surface area (Å²) in [7, 11) is 0. The highest BCUT2D eigenvalue weighted by Crippen LogP contribution is 2.16. The maximum atomic E-state index is 13.3. The Morgan fingerprint density at radius 2 is 1.80 bits per heavy atom. The summed E-state index contributed by atoms with van der Waals surface area (Å²) in [4.78, 5) is 16.5. The van der Waals surface area contributed by atoms with Crippen LogP contribution < -0.4 is 5.32 Å². The maximum absolute atomic E-state index is 13.3. The summed E-state index contributed by atoms with van der Waals surface area (Å²) in [6, 6.07) is 12.6. The summed E-state index contributed by atoms with van der Waals surface area (Å²) in [5.41, 5.74) is 4.17. The minimum Gasteiger partial charge on any atom is -0.322 e. The standard InChI is InChI=1S/C20H24FN3O/c1-15-6-7-19(12-16(15)2)22-20(25)24-10-8-23(9-11-24)14-17-4-3-5-18(21)13-17/h3-7,12-13H,8-11,14H2,1-2H3,(H,22,25). The monoisotopic (exact) mass is 341 g/mol. The van der Waals surface area contributed by atoms with Crippen LogP contribution in [0.2, 0.25) is 0 Å². The number of anilines is 1. The summed E-state index contributed by atoms with van der Waals surface area (Å²) in [6.45, 7) is 7.73. The molecular weight excluding hydrogens is 317 g/mol. The third-order valence-electron chi connectivity index (χ3n) is 4.71. The number of carbonyl (C=O) groups excluding carboxylic acids is 1. The molecule has 0 saturated carbocycles. The first kappa shape index (κ1) is 17.4. The van der Waals surface area contributed by atoms with Gasteiger partial charge in [-0.15, -0.1) is 0 Å². The quantitative estimate of drug-likeness (QED) is 0.922. The van der Waals surface area contributed by atoms with Crippen LogP contribution in [0.5, 0.6) is 0 Å². The second kappa shape index (κ2) is 7.66. The highest BCUT2D eigenvalue weighted by Gasteiger charge is 2.21. The zero-order chi connectivity index (χ0) is 17.8. The normalized spacial score (nSPS) is 15.2. The lowest BCUT2D eigenvalue weighted by Crippen LogP contribution is -2.49. The molecule has 1 fully saturated rings. The Balaban J connectivity index is 1.51. The lowest BCUT2D eigenvalue weighted by atomic mass is 10.1. The van der Waals surface area contributed by atoms with Crippen molar-refractivity contribution in [3.8, 4) is 0 Å². The van der Waals surface area contributed by atoms with Crippen molar-refractivity contribution in [2.45, 2.75) is 20.4 Å². The highest BCUT2D eigenvalue weighted by atomic mass is 19.1. The molecule has 2 amide bonds. The van der Waals surface area contributed by atoms with E-state index in [2.05, 4.69) is 17.1 Å². The molecule has 3 rings (SSSR count). The number of aryl methyl sites for hydroxylation is 2. The number of hydrogen-bond acceptors (Lipinski definition) is 2. The van der Waals surface area contributed by atoms with Crippen LogP contribution in [-0.2, 0) is 6.54 Å². The van der Waals surface area contributed by atoms with Crippen molar-refractivity contribution in [3.63, 3.8) is 0 Å². The van der Waals surface area contributed by atoms with E-state index in [1.807, 2.05) is 36.1 Å². The third-order valence-corrected chi connectivity index (χ3v) is 4.71. The summed E-state index contributed by atoms with van der Waals surface area (Å²) < 4.78 is 13.3. The predicted octanol–water partition coefficient (Wildman–Crippen LogP) is 3.79. The lowest BCUT2D eigenvalue weighted by Gasteiger charge is -2.34. The Labute approximate surface area is 148 Å². The Bertz CT molecular complexity index is 754. The van der Waals surface area contributed by atoms with Gasteiger partial charge in [0.15, 0.2) is 0 Å². The van der Waals surface area contributed by atoms with E-state index < -0.39 is 0 Å². The average Bonchev–Trinajstić information content (AvgIpc) is 2.59. The van der Waals surface area contributed by atoms with Crippen molar-refractivity contribution in [2.75, 3.05) is 31.5 Å². The molecule has 1 N–H and O–H groups in total. The molecule has 1 saturated heterocycles. The summed E-state index contributed by atoms with van der Waals surface area (Å²) in [5.74, 6) is -0.205. The van der Waals surface area contributed by atoms with Gasteiger partial charge >= 0.3 is 6.03 Å². The van der Waals surface area contributed by atoms with Gasteiger partial charge < -0.3 is 10.2 Å². The first-order chi connectivity index (χ1) is 12.0. The van der Waals surface area contributed by atoms with Gasteiger partial charge in [-0.25, -0.2) is 9.18 Å². The van der Waals surface area contributed by atoms with Crippen LogP contribution in [0, 0.1) is 19.7 Å². The Hall–Kier alpha value is -2.40. The number of carbonyl (C=O) groups is 1. The highest BCUT2D eigenvalue weighted by molar-refractivity contribution is 5.89. The van der Waals surface area contributed by atoms with Gasteiger partial charge in [0.2, 0.25) is 0 Å². The predicted molar refractivity (Wildman–Crippen MR) is 98.2 cm³/mol. The SMILES string of the molecule is Cc1ccc(NC(=O)N2CCN(Cc3cccc(F)c3)CC2)cc1C. The fourth-order valence-electron chi connectivity index (χ4n) is 3.02. The van der Waals surface area contributed by atoms with Crippen LogP contribution >= 0.6 is 0 Å². The molecule has 1 heterocycles. The Morgan fingerprint density at radius 1 is 1.04 bits per heavy atom. The van der Waals surface area contributed by atoms with Crippen molar-refractivity contribution in [1.29, 1.82) is 0 Å². The first-order valence-corrected chi connectivity index (χ1v) is 8.61. The topological polar surface area (TPSA) is 35.6 Å². The van der Waals surface area contributed by atoms with Gasteiger partial charge in [0, 0.05) is 38.4 Å². The molecule has 0 spiro atoms. The number of rotatable bonds is 3. The molecule has 1 aliphatic heterocycles. The van der Waals surface area contributed by atoms with Crippen LogP contribution in [-0.4, -0.2) is 42.0 Å². The molecule has 0 aromatic heterocycles. The maximum Gasteiger partial charge on any atom is 0.321 e. The molecule has 25 heavy (non-hydrogen) atoms. The molecule has 0 radical (unpaired) electrons. The van der Waals surface area contributed by atoms with E-state index in [1.54, 1.807) is 12.1 Å². The molecule has 2 aromatic rings. The van der Waals surface area contributed by atoms with Crippen molar-refractivity contribution in [1.82, 2.24) is 9.80 Å². The number of urea groups is 1. The minimum atomic E-state index is -0.205. The van der Waals surface area contributed by atoms with Gasteiger partial charge in [-0.3, -0.25) is 4.90 Å². The van der Waals surface area contributed by atoms with E-state index in [0.29, 0.717) is 19.6 Å². The van der Waals surface area contributed by atoms with Crippen LogP contribution in [0.4, 0.5) is 14.9 Å². The van der Waals surface area contributed by atoms with Gasteiger partial charge in [-0.05, 0) is 54.8 Å². The molecule has 0 atom stereocenters. The van der Waals surface area contributed by atoms with E-state index in [-0.39, 0.29) is 11.8 Å². The number of amides is 2. The lowest BCUT2D eigenvalue weighted by molar-refractivity contribution is 0.143. The van der Waals surface area contributed by atoms with Crippen molar-refractivity contribution in [2.24, 2.45) is 0 Å². The van der Waals surface area contributed by atoms with Gasteiger partial charge in [-0.2, -0.15) is 0 Å². The second-order valence-corrected chi connectivity index (χ2v) is 6.62. The molecular formula is C20H24FN3O. The van der Waals surface area contributed by atoms with Gasteiger partial charge in [-0.1, -0.05) is 18.2 Å². The van der Waals surface area contributed by atoms with Gasteiger partial charge in [0.05, 0.1) is 0 Å². The number of nitrogens with one attached hydrogen (secondary N) is 1. The van der Waals surface area contributed by atoms with Crippen LogP contribution in [0.15, 0.2) is 42.5 Å². The largest absolute Gasteiger partial charge is 0.322 e. The number of hydrogen-bond donors (Lipinski definition) is 1. The van der Waals surface area contributed by atoms with Crippen molar-refractivity contribution < 1.29 is 9.18 Å². The van der Waals surface area contributed by atoms with Gasteiger partial charge in [0.25, 0.3) is 0 Å². The smallest absolute Gasteiger partial charge is 0.321 e. The van der Waals surface area contributed by atoms with Crippen molar-refractivity contribution >= 4 is 11.7 Å². The zero-order valence-corrected chi connectivity index (χ0v) is 14.8. The van der Waals surface area contributed by atoms with Crippen LogP contribution in [0.3, 0.4) is 0 Å². The average molecular weight is 341 g/mol. The van der Waals surface area contributed by atoms with E-state index >= 15 is 0 Å². The van der Waals surface area contributed by atoms with Crippen LogP contribution in [0.25, 0.3) is 0 Å². The Morgan fingerprint density at radius 3 is 2.48 bits per heavy atom. The van der Waals surface area contributed by atoms with E-state index in [4.69, 9.17) is 0 Å². The summed E-state index contributed by atoms with van der Waals surface area (Å²) in [6.07, 6.45) is 0. The second-order valence-electron chi connectivity index (χ2n) is 6.62. The molecule has 1 aliphatic rings. The van der Waals surface area contributed by atoms with Gasteiger partial charge in [0.1, 0.15) is 5.82 Å². The molecule has 0 aliphatic carbocycles. The number of piperazine rings is 1. The molecule has 2 aromatic carbocycles. The first-order valence-electron chi connectivity index (χ1n) is 8.61. The molecule has 5 heteroatoms. The fourth-order valence-corrected chi connectivity index (χ4v) is 3.02. The Kier molecular flexibility index (Phi) is 5.34. The van der Waals surface area contributed by atoms with E-state index in [9.17, 15) is 9.18 Å². The molecule has 4 nitrogen and oxygen atoms in total. The van der Waals surface area contributed by atoms with E-state index in [1.165, 1.54) is 11.6 Å². The van der Waals surface area contributed by atoms with E-state index in [0.717, 1.165) is 29.9 Å². The number of benzene rings is 2. The molecule has 0 bridgehead atoms. The molecule has 132 valence electrons. The zero-order valence-electron chi connectivity index (χ0n) is 14.8. The molecule has 0 unspecified atom stereocenters. The number of nitrogens with zero attached hydrogens (tertiary/aromatic N) is 2. The summed E-state index contributed by atoms with van der Waals surface area (Å²) in [5, 5.41) is 2.97. The minimum absolute atomic E-state index is 0.0614. The third kappa shape index (κ3) is 4.57. The fraction of sp³-hybridized carbons (Fsp3) is 0.350.